The standard InChI is InChI=1S/C7H6N2O6S2/c10-16(11,12)6-3-1-2-5-7(6)8-4-9(5)17(13,14)15/h1-4H,(H2,10,11,12,13,14,15)/p+1. The van der Waals surface area contributed by atoms with E-state index < -0.39 is 25.3 Å². The monoisotopic (exact) mass is 279 g/mol. The van der Waals surface area contributed by atoms with Crippen molar-refractivity contribution in [1.29, 1.82) is 0 Å². The van der Waals surface area contributed by atoms with Crippen LogP contribution in [0.3, 0.4) is 0 Å². The van der Waals surface area contributed by atoms with Crippen LogP contribution in [0.4, 0.5) is 0 Å². The molecule has 3 N–H and O–H groups in total. The number of rotatable bonds is 2. The van der Waals surface area contributed by atoms with Gasteiger partial charge in [0.15, 0.2) is 11.0 Å². The first-order valence-electron chi connectivity index (χ1n) is 4.18. The first kappa shape index (κ1) is 12.0. The molecule has 0 radical (unpaired) electrons. The number of aromatic nitrogens is 2. The lowest BCUT2D eigenvalue weighted by Gasteiger charge is -1.95. The van der Waals surface area contributed by atoms with Crippen molar-refractivity contribution in [2.24, 2.45) is 0 Å². The third kappa shape index (κ3) is 2.02. The number of H-pyrrole nitrogens is 1. The Kier molecular flexibility index (Phi) is 2.47. The van der Waals surface area contributed by atoms with Crippen LogP contribution in [0, 0.1) is 0 Å². The highest BCUT2D eigenvalue weighted by Gasteiger charge is 2.25. The summed E-state index contributed by atoms with van der Waals surface area (Å²) in [7, 11) is -9.02. The van der Waals surface area contributed by atoms with Gasteiger partial charge in [-0.3, -0.25) is 9.11 Å². The Morgan fingerprint density at radius 2 is 1.76 bits per heavy atom. The smallest absolute Gasteiger partial charge is 0.282 e. The van der Waals surface area contributed by atoms with E-state index in [0.29, 0.717) is 3.97 Å². The summed E-state index contributed by atoms with van der Waals surface area (Å²) in [5.74, 6) is 0. The predicted molar refractivity (Wildman–Crippen MR) is 55.3 cm³/mol. The number of fused-ring (bicyclic) bond motifs is 1. The number of nitrogens with zero attached hydrogens (tertiary/aromatic N) is 1. The van der Waals surface area contributed by atoms with Crippen molar-refractivity contribution < 1.29 is 29.9 Å². The molecule has 1 aromatic heterocycles. The van der Waals surface area contributed by atoms with Crippen LogP contribution in [-0.2, 0) is 20.4 Å². The minimum atomic E-state index is -4.54. The summed E-state index contributed by atoms with van der Waals surface area (Å²) in [6.45, 7) is 0. The van der Waals surface area contributed by atoms with Crippen molar-refractivity contribution in [3.05, 3.63) is 24.5 Å². The number of aromatic amines is 1. The number of hydrogen-bond acceptors (Lipinski definition) is 4. The van der Waals surface area contributed by atoms with Crippen LogP contribution in [0.1, 0.15) is 0 Å². The summed E-state index contributed by atoms with van der Waals surface area (Å²) >= 11 is 0. The highest BCUT2D eigenvalue weighted by Crippen LogP contribution is 2.18. The van der Waals surface area contributed by atoms with E-state index >= 15 is 0 Å². The number of imidazole rings is 1. The molecule has 0 unspecified atom stereocenters. The van der Waals surface area contributed by atoms with Crippen molar-refractivity contribution in [1.82, 2.24) is 4.98 Å². The predicted octanol–water partition coefficient (Wildman–Crippen LogP) is -0.647. The van der Waals surface area contributed by atoms with E-state index in [1.807, 2.05) is 0 Å². The van der Waals surface area contributed by atoms with E-state index in [2.05, 4.69) is 4.98 Å². The van der Waals surface area contributed by atoms with Crippen LogP contribution in [0.5, 0.6) is 0 Å². The van der Waals surface area contributed by atoms with Gasteiger partial charge in [-0.05, 0) is 12.1 Å². The molecule has 0 spiro atoms. The van der Waals surface area contributed by atoms with Crippen LogP contribution in [0.2, 0.25) is 0 Å². The lowest BCUT2D eigenvalue weighted by atomic mass is 10.3. The second kappa shape index (κ2) is 3.50. The van der Waals surface area contributed by atoms with E-state index in [1.165, 1.54) is 12.1 Å². The van der Waals surface area contributed by atoms with E-state index in [9.17, 15) is 16.8 Å². The van der Waals surface area contributed by atoms with Crippen LogP contribution in [0.25, 0.3) is 11.0 Å². The van der Waals surface area contributed by atoms with Crippen LogP contribution < -0.4 is 3.97 Å². The number of para-hydroxylation sites is 1. The van der Waals surface area contributed by atoms with Crippen molar-refractivity contribution >= 4 is 31.5 Å². The molecule has 0 fully saturated rings. The Hall–Kier alpha value is -1.49. The summed E-state index contributed by atoms with van der Waals surface area (Å²) in [4.78, 5) is 1.88. The molecule has 2 rings (SSSR count). The van der Waals surface area contributed by atoms with Gasteiger partial charge in [0.2, 0.25) is 0 Å². The molecule has 92 valence electrons. The molecule has 0 amide bonds. The Bertz CT molecular complexity index is 789. The van der Waals surface area contributed by atoms with Gasteiger partial charge < -0.3 is 0 Å². The molecule has 0 aliphatic heterocycles. The maximum absolute atomic E-state index is 11.0. The quantitative estimate of drug-likeness (QED) is 0.495. The molecule has 1 aromatic carbocycles. The zero-order valence-electron chi connectivity index (χ0n) is 8.10. The fourth-order valence-electron chi connectivity index (χ4n) is 1.45. The molecule has 0 aliphatic carbocycles. The number of nitrogens with one attached hydrogen (secondary N) is 1. The number of benzene rings is 1. The fourth-order valence-corrected chi connectivity index (χ4v) is 2.71. The molecule has 0 saturated heterocycles. The lowest BCUT2D eigenvalue weighted by Crippen LogP contribution is -2.40. The first-order chi connectivity index (χ1) is 7.71. The minimum Gasteiger partial charge on any atom is -0.282 e. The fraction of sp³-hybridized carbons (Fsp3) is 0. The van der Waals surface area contributed by atoms with E-state index in [4.69, 9.17) is 9.11 Å². The van der Waals surface area contributed by atoms with Crippen molar-refractivity contribution in [3.63, 3.8) is 0 Å². The zero-order valence-corrected chi connectivity index (χ0v) is 9.73. The molecule has 0 atom stereocenters. The van der Waals surface area contributed by atoms with Gasteiger partial charge in [0.05, 0.1) is 0 Å². The van der Waals surface area contributed by atoms with Crippen molar-refractivity contribution in [2.45, 2.75) is 4.90 Å². The maximum Gasteiger partial charge on any atom is 0.439 e. The van der Waals surface area contributed by atoms with Gasteiger partial charge in [0.1, 0.15) is 4.90 Å². The van der Waals surface area contributed by atoms with Gasteiger partial charge in [0, 0.05) is 0 Å². The maximum atomic E-state index is 11.0. The minimum absolute atomic E-state index is 0.0948. The van der Waals surface area contributed by atoms with Crippen LogP contribution in [0.15, 0.2) is 29.4 Å². The molecular weight excluding hydrogens is 272 g/mol. The lowest BCUT2D eigenvalue weighted by molar-refractivity contribution is -0.489. The highest BCUT2D eigenvalue weighted by atomic mass is 32.2. The summed E-state index contributed by atoms with van der Waals surface area (Å²) in [6.07, 6.45) is 0.870. The number of hydrogen-bond donors (Lipinski definition) is 3. The SMILES string of the molecule is O=S(=O)(O)c1cccc2c1[nH]c[n+]2S(=O)(=O)O. The Labute approximate surface area is 96.1 Å². The van der Waals surface area contributed by atoms with Gasteiger partial charge >= 0.3 is 10.3 Å². The molecule has 17 heavy (non-hydrogen) atoms. The Morgan fingerprint density at radius 1 is 1.12 bits per heavy atom. The third-order valence-electron chi connectivity index (χ3n) is 2.09. The molecule has 8 nitrogen and oxygen atoms in total. The third-order valence-corrected chi connectivity index (χ3v) is 3.79. The molecule has 0 saturated carbocycles. The van der Waals surface area contributed by atoms with E-state index in [1.54, 1.807) is 0 Å². The second-order valence-electron chi connectivity index (χ2n) is 3.17. The topological polar surface area (TPSA) is 128 Å². The van der Waals surface area contributed by atoms with Gasteiger partial charge in [-0.15, -0.1) is 0 Å². The largest absolute Gasteiger partial charge is 0.439 e. The molecule has 10 heteroatoms. The average molecular weight is 279 g/mol. The van der Waals surface area contributed by atoms with Crippen molar-refractivity contribution in [2.75, 3.05) is 0 Å². The van der Waals surface area contributed by atoms with Gasteiger partial charge in [0.25, 0.3) is 16.4 Å². The molecular formula is C7H7N2O6S2+. The molecule has 0 aliphatic rings. The van der Waals surface area contributed by atoms with E-state index in [0.717, 1.165) is 12.4 Å². The van der Waals surface area contributed by atoms with Crippen LogP contribution in [-0.4, -0.2) is 30.9 Å². The zero-order chi connectivity index (χ0) is 12.8. The molecule has 0 bridgehead atoms. The van der Waals surface area contributed by atoms with Gasteiger partial charge in [-0.1, -0.05) is 10.0 Å². The highest BCUT2D eigenvalue weighted by molar-refractivity contribution is 7.86. The van der Waals surface area contributed by atoms with E-state index in [-0.39, 0.29) is 11.0 Å². The van der Waals surface area contributed by atoms with Gasteiger partial charge in [-0.2, -0.15) is 16.8 Å². The molecule has 1 heterocycles. The Balaban J connectivity index is 2.93. The summed E-state index contributed by atoms with van der Waals surface area (Å²) in [6, 6.07) is 3.61. The molecule has 2 aromatic rings. The second-order valence-corrected chi connectivity index (χ2v) is 5.85. The van der Waals surface area contributed by atoms with Crippen LogP contribution >= 0.6 is 0 Å². The first-order valence-corrected chi connectivity index (χ1v) is 7.02. The summed E-state index contributed by atoms with van der Waals surface area (Å²) < 4.78 is 62.2. The van der Waals surface area contributed by atoms with Gasteiger partial charge in [-0.25, -0.2) is 4.98 Å². The Morgan fingerprint density at radius 3 is 2.29 bits per heavy atom. The normalized spacial score (nSPS) is 13.1. The van der Waals surface area contributed by atoms with Crippen molar-refractivity contribution in [3.8, 4) is 0 Å². The average Bonchev–Trinajstić information content (AvgIpc) is 2.57. The summed E-state index contributed by atoms with van der Waals surface area (Å²) in [5.41, 5.74) is -0.213. The summed E-state index contributed by atoms with van der Waals surface area (Å²) in [5, 5.41) is 0.